The Morgan fingerprint density at radius 3 is 2.96 bits per heavy atom. The van der Waals surface area contributed by atoms with Crippen LogP contribution in [0.5, 0.6) is 0 Å². The number of nitrogens with zero attached hydrogens (tertiary/aromatic N) is 3. The molecule has 0 bridgehead atoms. The zero-order chi connectivity index (χ0) is 16.4. The molecule has 8 heteroatoms. The lowest BCUT2D eigenvalue weighted by molar-refractivity contribution is 0.164. The van der Waals surface area contributed by atoms with E-state index in [9.17, 15) is 8.42 Å². The Balaban J connectivity index is 1.65. The van der Waals surface area contributed by atoms with Gasteiger partial charge in [-0.25, -0.2) is 13.4 Å². The third kappa shape index (κ3) is 3.81. The van der Waals surface area contributed by atoms with Crippen molar-refractivity contribution in [3.8, 4) is 0 Å². The summed E-state index contributed by atoms with van der Waals surface area (Å²) in [6, 6.07) is 0. The maximum atomic E-state index is 11.8. The van der Waals surface area contributed by atoms with Gasteiger partial charge in [-0.15, -0.1) is 0 Å². The molecule has 1 fully saturated rings. The summed E-state index contributed by atoms with van der Waals surface area (Å²) >= 11 is 0. The van der Waals surface area contributed by atoms with Gasteiger partial charge in [0.2, 0.25) is 0 Å². The first-order valence-corrected chi connectivity index (χ1v) is 9.76. The summed E-state index contributed by atoms with van der Waals surface area (Å²) in [5.41, 5.74) is 2.93. The van der Waals surface area contributed by atoms with E-state index >= 15 is 0 Å². The Labute approximate surface area is 136 Å². The fraction of sp³-hybridized carbons (Fsp3) is 0.600. The third-order valence-corrected chi connectivity index (χ3v) is 5.63. The lowest BCUT2D eigenvalue weighted by Gasteiger charge is -2.32. The van der Waals surface area contributed by atoms with E-state index in [1.54, 1.807) is 6.33 Å². The molecule has 23 heavy (non-hydrogen) atoms. The highest BCUT2D eigenvalue weighted by atomic mass is 32.2. The number of H-pyrrole nitrogens is 2. The van der Waals surface area contributed by atoms with Crippen LogP contribution < -0.4 is 0 Å². The SMILES string of the molecule is Cc1[nH]cnc1CN1CCC[C@@H](Cc2[nH]ncc2S(C)(=O)=O)C1. The molecule has 7 nitrogen and oxygen atoms in total. The van der Waals surface area contributed by atoms with Crippen molar-refractivity contribution in [3.05, 3.63) is 29.6 Å². The first kappa shape index (κ1) is 16.2. The first-order valence-electron chi connectivity index (χ1n) is 7.87. The summed E-state index contributed by atoms with van der Waals surface area (Å²) in [4.78, 5) is 10.2. The van der Waals surface area contributed by atoms with E-state index in [2.05, 4.69) is 25.1 Å². The smallest absolute Gasteiger partial charge is 0.178 e. The second-order valence-corrected chi connectivity index (χ2v) is 8.39. The lowest BCUT2D eigenvalue weighted by Crippen LogP contribution is -2.36. The molecule has 2 aromatic rings. The standard InChI is InChI=1S/C15H23N5O2S/c1-11-14(17-10-16-11)9-20-5-3-4-12(8-20)6-13-15(7-18-19-13)23(2,21)22/h7,10,12H,3-6,8-9H2,1-2H3,(H,16,17)(H,18,19)/t12-/m0/s1. The zero-order valence-corrected chi connectivity index (χ0v) is 14.4. The summed E-state index contributed by atoms with van der Waals surface area (Å²) in [5, 5.41) is 6.78. The largest absolute Gasteiger partial charge is 0.348 e. The summed E-state index contributed by atoms with van der Waals surface area (Å²) in [6.45, 7) is 4.89. The van der Waals surface area contributed by atoms with Crippen LogP contribution in [-0.2, 0) is 22.8 Å². The molecule has 1 saturated heterocycles. The Morgan fingerprint density at radius 2 is 2.26 bits per heavy atom. The number of piperidine rings is 1. The van der Waals surface area contributed by atoms with Crippen LogP contribution in [-0.4, -0.2) is 52.8 Å². The topological polar surface area (TPSA) is 94.7 Å². The van der Waals surface area contributed by atoms with Gasteiger partial charge in [-0.1, -0.05) is 0 Å². The van der Waals surface area contributed by atoms with Crippen LogP contribution >= 0.6 is 0 Å². The Morgan fingerprint density at radius 1 is 1.43 bits per heavy atom. The van der Waals surface area contributed by atoms with Crippen LogP contribution in [0.15, 0.2) is 17.4 Å². The maximum Gasteiger partial charge on any atom is 0.178 e. The van der Waals surface area contributed by atoms with Crippen molar-refractivity contribution in [1.82, 2.24) is 25.1 Å². The van der Waals surface area contributed by atoms with Crippen LogP contribution in [0.4, 0.5) is 0 Å². The minimum atomic E-state index is -3.22. The summed E-state index contributed by atoms with van der Waals surface area (Å²) in [6.07, 6.45) is 7.33. The number of aromatic amines is 2. The normalized spacial score (nSPS) is 20.0. The highest BCUT2D eigenvalue weighted by Gasteiger charge is 2.24. The predicted octanol–water partition coefficient (Wildman–Crippen LogP) is 1.30. The van der Waals surface area contributed by atoms with Gasteiger partial charge in [-0.2, -0.15) is 5.10 Å². The molecule has 2 N–H and O–H groups in total. The fourth-order valence-corrected chi connectivity index (χ4v) is 4.10. The molecule has 0 saturated carbocycles. The second kappa shape index (κ2) is 6.45. The van der Waals surface area contributed by atoms with E-state index < -0.39 is 9.84 Å². The van der Waals surface area contributed by atoms with Gasteiger partial charge in [0.1, 0.15) is 4.90 Å². The maximum absolute atomic E-state index is 11.8. The number of nitrogens with one attached hydrogen (secondary N) is 2. The molecule has 0 unspecified atom stereocenters. The number of aryl methyl sites for hydroxylation is 1. The van der Waals surface area contributed by atoms with E-state index in [0.717, 1.165) is 56.0 Å². The molecule has 0 aliphatic carbocycles. The van der Waals surface area contributed by atoms with Crippen molar-refractivity contribution in [3.63, 3.8) is 0 Å². The number of aromatic nitrogens is 4. The average molecular weight is 337 g/mol. The van der Waals surface area contributed by atoms with Crippen LogP contribution in [0.25, 0.3) is 0 Å². The molecule has 1 atom stereocenters. The van der Waals surface area contributed by atoms with Crippen molar-refractivity contribution in [2.45, 2.75) is 37.6 Å². The molecule has 2 aromatic heterocycles. The van der Waals surface area contributed by atoms with E-state index in [-0.39, 0.29) is 0 Å². The average Bonchev–Trinajstić information content (AvgIpc) is 3.09. The predicted molar refractivity (Wildman–Crippen MR) is 86.7 cm³/mol. The molecule has 3 heterocycles. The quantitative estimate of drug-likeness (QED) is 0.857. The lowest BCUT2D eigenvalue weighted by atomic mass is 9.93. The molecular weight excluding hydrogens is 314 g/mol. The molecule has 0 radical (unpaired) electrons. The van der Waals surface area contributed by atoms with Gasteiger partial charge in [-0.3, -0.25) is 10.00 Å². The van der Waals surface area contributed by atoms with Gasteiger partial charge in [0.25, 0.3) is 0 Å². The molecule has 0 aromatic carbocycles. The van der Waals surface area contributed by atoms with Crippen molar-refractivity contribution >= 4 is 9.84 Å². The van der Waals surface area contributed by atoms with Crippen molar-refractivity contribution < 1.29 is 8.42 Å². The van der Waals surface area contributed by atoms with E-state index in [1.807, 2.05) is 6.92 Å². The Bertz CT molecular complexity index is 764. The van der Waals surface area contributed by atoms with Crippen LogP contribution in [0, 0.1) is 12.8 Å². The van der Waals surface area contributed by atoms with Crippen LogP contribution in [0.2, 0.25) is 0 Å². The third-order valence-electron chi connectivity index (χ3n) is 4.48. The van der Waals surface area contributed by atoms with E-state index in [4.69, 9.17) is 0 Å². The molecule has 1 aliphatic heterocycles. The zero-order valence-electron chi connectivity index (χ0n) is 13.5. The minimum Gasteiger partial charge on any atom is -0.348 e. The first-order chi connectivity index (χ1) is 10.9. The van der Waals surface area contributed by atoms with Gasteiger partial charge in [0.15, 0.2) is 9.84 Å². The molecule has 126 valence electrons. The number of sulfone groups is 1. The van der Waals surface area contributed by atoms with Crippen molar-refractivity contribution in [2.75, 3.05) is 19.3 Å². The number of likely N-dealkylation sites (tertiary alicyclic amines) is 1. The van der Waals surface area contributed by atoms with Gasteiger partial charge >= 0.3 is 0 Å². The van der Waals surface area contributed by atoms with Gasteiger partial charge in [0, 0.05) is 25.0 Å². The molecule has 3 rings (SSSR count). The van der Waals surface area contributed by atoms with E-state index in [1.165, 1.54) is 12.5 Å². The number of hydrogen-bond acceptors (Lipinski definition) is 5. The molecule has 0 amide bonds. The molecule has 0 spiro atoms. The Kier molecular flexibility index (Phi) is 4.54. The monoisotopic (exact) mass is 337 g/mol. The highest BCUT2D eigenvalue weighted by Crippen LogP contribution is 2.24. The fourth-order valence-electron chi connectivity index (χ4n) is 3.28. The Hall–Kier alpha value is -1.67. The van der Waals surface area contributed by atoms with Crippen molar-refractivity contribution in [2.24, 2.45) is 5.92 Å². The molecular formula is C15H23N5O2S. The summed E-state index contributed by atoms with van der Waals surface area (Å²) in [5.74, 6) is 0.434. The number of rotatable bonds is 5. The second-order valence-electron chi connectivity index (χ2n) is 6.41. The number of imidazole rings is 1. The van der Waals surface area contributed by atoms with Crippen molar-refractivity contribution in [1.29, 1.82) is 0 Å². The van der Waals surface area contributed by atoms with E-state index in [0.29, 0.717) is 10.8 Å². The van der Waals surface area contributed by atoms with Gasteiger partial charge in [-0.05, 0) is 38.6 Å². The minimum absolute atomic E-state index is 0.331. The number of hydrogen-bond donors (Lipinski definition) is 2. The summed E-state index contributed by atoms with van der Waals surface area (Å²) < 4.78 is 23.6. The highest BCUT2D eigenvalue weighted by molar-refractivity contribution is 7.90. The van der Waals surface area contributed by atoms with Gasteiger partial charge < -0.3 is 4.98 Å². The van der Waals surface area contributed by atoms with Crippen LogP contribution in [0.1, 0.15) is 29.9 Å². The van der Waals surface area contributed by atoms with Crippen LogP contribution in [0.3, 0.4) is 0 Å². The van der Waals surface area contributed by atoms with Gasteiger partial charge in [0.05, 0.1) is 23.9 Å². The molecule has 1 aliphatic rings. The summed E-state index contributed by atoms with van der Waals surface area (Å²) in [7, 11) is -3.22.